The number of hydrogen-bond acceptors (Lipinski definition) is 7. The fourth-order valence-electron chi connectivity index (χ4n) is 5.31. The van der Waals surface area contributed by atoms with Crippen LogP contribution in [0.1, 0.15) is 26.7 Å². The first-order valence-electron chi connectivity index (χ1n) is 13.2. The number of aromatic nitrogens is 3. The van der Waals surface area contributed by atoms with Gasteiger partial charge in [-0.3, -0.25) is 4.90 Å². The highest BCUT2D eigenvalue weighted by Crippen LogP contribution is 2.33. The number of benzene rings is 1. The number of rotatable bonds is 8. The summed E-state index contributed by atoms with van der Waals surface area (Å²) in [4.78, 5) is 19.5. The first kappa shape index (κ1) is 26.2. The van der Waals surface area contributed by atoms with Crippen molar-refractivity contribution in [2.75, 3.05) is 69.7 Å². The van der Waals surface area contributed by atoms with Crippen molar-refractivity contribution >= 4 is 34.1 Å². The molecule has 2 saturated heterocycles. The van der Waals surface area contributed by atoms with Crippen molar-refractivity contribution in [2.24, 2.45) is 0 Å². The SMILES string of the molecule is COCCN1CCN(c2ccc(-c3nc4c(NC5CCN(C(C)C)CC5)c(Cl)cnc4[nH]3)cc2F)CC1. The summed E-state index contributed by atoms with van der Waals surface area (Å²) in [5, 5.41) is 4.17. The Kier molecular flexibility index (Phi) is 8.14. The smallest absolute Gasteiger partial charge is 0.159 e. The molecule has 200 valence electrons. The number of halogens is 2. The maximum absolute atomic E-state index is 15.2. The quantitative estimate of drug-likeness (QED) is 0.446. The first-order chi connectivity index (χ1) is 17.9. The number of pyridine rings is 1. The topological polar surface area (TPSA) is 72.6 Å². The van der Waals surface area contributed by atoms with Crippen molar-refractivity contribution in [1.82, 2.24) is 24.8 Å². The van der Waals surface area contributed by atoms with Gasteiger partial charge < -0.3 is 24.8 Å². The Labute approximate surface area is 223 Å². The molecule has 0 spiro atoms. The second kappa shape index (κ2) is 11.5. The van der Waals surface area contributed by atoms with Crippen LogP contribution >= 0.6 is 11.6 Å². The lowest BCUT2D eigenvalue weighted by molar-refractivity contribution is 0.144. The van der Waals surface area contributed by atoms with Gasteiger partial charge in [-0.25, -0.2) is 14.4 Å². The number of methoxy groups -OCH3 is 1. The van der Waals surface area contributed by atoms with E-state index in [1.165, 1.54) is 0 Å². The molecule has 10 heteroatoms. The Morgan fingerprint density at radius 2 is 1.92 bits per heavy atom. The van der Waals surface area contributed by atoms with E-state index in [2.05, 4.69) is 43.8 Å². The lowest BCUT2D eigenvalue weighted by Gasteiger charge is -2.36. The predicted octanol–water partition coefficient (Wildman–Crippen LogP) is 4.47. The monoisotopic (exact) mass is 529 g/mol. The molecule has 0 bridgehead atoms. The zero-order valence-electron chi connectivity index (χ0n) is 21.9. The standard InChI is InChI=1S/C27H37ClFN7O/c1-18(2)35-8-6-20(7-9-35)31-24-21(28)17-30-27-25(24)32-26(33-27)19-4-5-23(22(29)16-19)36-12-10-34(11-13-36)14-15-37-3/h4-5,16-18,20H,6-15H2,1-3H3,(H2,30,31,32,33). The molecule has 1 aromatic carbocycles. The Hall–Kier alpha value is -2.46. The molecule has 5 rings (SSSR count). The third-order valence-corrected chi connectivity index (χ3v) is 7.91. The van der Waals surface area contributed by atoms with Gasteiger partial charge in [-0.2, -0.15) is 0 Å². The molecule has 2 aromatic heterocycles. The van der Waals surface area contributed by atoms with Crippen molar-refractivity contribution in [1.29, 1.82) is 0 Å². The molecule has 0 amide bonds. The Bertz CT molecular complexity index is 1200. The zero-order valence-corrected chi connectivity index (χ0v) is 22.7. The molecule has 4 heterocycles. The van der Waals surface area contributed by atoms with E-state index in [0.29, 0.717) is 45.3 Å². The Balaban J connectivity index is 1.31. The molecular weight excluding hydrogens is 493 g/mol. The van der Waals surface area contributed by atoms with Crippen molar-refractivity contribution in [3.05, 3.63) is 35.2 Å². The number of fused-ring (bicyclic) bond motifs is 1. The van der Waals surface area contributed by atoms with Gasteiger partial charge in [-0.15, -0.1) is 0 Å². The third-order valence-electron chi connectivity index (χ3n) is 7.62. The van der Waals surface area contributed by atoms with Gasteiger partial charge in [0, 0.05) is 70.6 Å². The molecule has 0 atom stereocenters. The van der Waals surface area contributed by atoms with Crippen LogP contribution in [0.15, 0.2) is 24.4 Å². The van der Waals surface area contributed by atoms with Crippen LogP contribution in [0.5, 0.6) is 0 Å². The van der Waals surface area contributed by atoms with E-state index < -0.39 is 0 Å². The maximum atomic E-state index is 15.2. The van der Waals surface area contributed by atoms with E-state index in [4.69, 9.17) is 21.3 Å². The number of piperidine rings is 1. The zero-order chi connectivity index (χ0) is 25.9. The van der Waals surface area contributed by atoms with Crippen LogP contribution < -0.4 is 10.2 Å². The summed E-state index contributed by atoms with van der Waals surface area (Å²) in [6.07, 6.45) is 3.74. The minimum absolute atomic E-state index is 0.246. The molecule has 2 aliphatic rings. The molecule has 0 saturated carbocycles. The number of ether oxygens (including phenoxy) is 1. The molecule has 2 N–H and O–H groups in total. The number of nitrogens with zero attached hydrogens (tertiary/aromatic N) is 5. The highest BCUT2D eigenvalue weighted by Gasteiger charge is 2.24. The van der Waals surface area contributed by atoms with Gasteiger partial charge in [0.2, 0.25) is 0 Å². The van der Waals surface area contributed by atoms with Crippen LogP contribution in [0.3, 0.4) is 0 Å². The molecule has 2 aliphatic heterocycles. The maximum Gasteiger partial charge on any atom is 0.159 e. The minimum atomic E-state index is -0.246. The molecule has 0 unspecified atom stereocenters. The molecule has 0 radical (unpaired) electrons. The number of piperazine rings is 1. The van der Waals surface area contributed by atoms with Crippen LogP contribution in [0.2, 0.25) is 5.02 Å². The summed E-state index contributed by atoms with van der Waals surface area (Å²) in [6, 6.07) is 6.21. The van der Waals surface area contributed by atoms with Gasteiger partial charge in [0.1, 0.15) is 17.2 Å². The summed E-state index contributed by atoms with van der Waals surface area (Å²) in [5.41, 5.74) is 3.43. The number of H-pyrrole nitrogens is 1. The summed E-state index contributed by atoms with van der Waals surface area (Å²) >= 11 is 6.56. The molecule has 3 aromatic rings. The van der Waals surface area contributed by atoms with Crippen molar-refractivity contribution in [2.45, 2.75) is 38.8 Å². The minimum Gasteiger partial charge on any atom is -0.383 e. The molecule has 8 nitrogen and oxygen atoms in total. The van der Waals surface area contributed by atoms with Gasteiger partial charge in [-0.1, -0.05) is 11.6 Å². The van der Waals surface area contributed by atoms with E-state index in [9.17, 15) is 0 Å². The third kappa shape index (κ3) is 5.85. The predicted molar refractivity (Wildman–Crippen MR) is 148 cm³/mol. The fraction of sp³-hybridized carbons (Fsp3) is 0.556. The van der Waals surface area contributed by atoms with Gasteiger partial charge in [0.05, 0.1) is 29.2 Å². The average Bonchev–Trinajstić information content (AvgIpc) is 3.34. The van der Waals surface area contributed by atoms with Crippen molar-refractivity contribution < 1.29 is 9.13 Å². The van der Waals surface area contributed by atoms with Crippen molar-refractivity contribution in [3.8, 4) is 11.4 Å². The molecule has 0 aliphatic carbocycles. The van der Waals surface area contributed by atoms with Crippen LogP contribution in [-0.2, 0) is 4.74 Å². The summed E-state index contributed by atoms with van der Waals surface area (Å²) in [6.45, 7) is 11.6. The lowest BCUT2D eigenvalue weighted by atomic mass is 10.0. The van der Waals surface area contributed by atoms with E-state index in [-0.39, 0.29) is 5.82 Å². The molecule has 2 fully saturated rings. The van der Waals surface area contributed by atoms with Gasteiger partial charge in [0.25, 0.3) is 0 Å². The molecule has 37 heavy (non-hydrogen) atoms. The number of hydrogen-bond donors (Lipinski definition) is 2. The Morgan fingerprint density at radius 1 is 1.16 bits per heavy atom. The van der Waals surface area contributed by atoms with E-state index in [1.807, 2.05) is 12.1 Å². The average molecular weight is 530 g/mol. The van der Waals surface area contributed by atoms with Crippen LogP contribution in [0.4, 0.5) is 15.8 Å². The van der Waals surface area contributed by atoms with E-state index in [0.717, 1.165) is 70.9 Å². The summed E-state index contributed by atoms with van der Waals surface area (Å²) in [7, 11) is 1.72. The van der Waals surface area contributed by atoms with Gasteiger partial charge >= 0.3 is 0 Å². The Morgan fingerprint density at radius 3 is 2.59 bits per heavy atom. The second-order valence-electron chi connectivity index (χ2n) is 10.3. The highest BCUT2D eigenvalue weighted by atomic mass is 35.5. The van der Waals surface area contributed by atoms with Crippen LogP contribution in [-0.4, -0.2) is 96.4 Å². The van der Waals surface area contributed by atoms with Gasteiger partial charge in [-0.05, 0) is 44.9 Å². The summed E-state index contributed by atoms with van der Waals surface area (Å²) < 4.78 is 20.4. The van der Waals surface area contributed by atoms with Crippen LogP contribution in [0, 0.1) is 5.82 Å². The highest BCUT2D eigenvalue weighted by molar-refractivity contribution is 6.34. The van der Waals surface area contributed by atoms with E-state index in [1.54, 1.807) is 19.4 Å². The first-order valence-corrected chi connectivity index (χ1v) is 13.6. The fourth-order valence-corrected chi connectivity index (χ4v) is 5.51. The molecular formula is C27H37ClFN7O. The number of likely N-dealkylation sites (tertiary alicyclic amines) is 1. The second-order valence-corrected chi connectivity index (χ2v) is 10.7. The van der Waals surface area contributed by atoms with Gasteiger partial charge in [0.15, 0.2) is 5.65 Å². The van der Waals surface area contributed by atoms with E-state index >= 15 is 4.39 Å². The number of imidazole rings is 1. The van der Waals surface area contributed by atoms with Crippen molar-refractivity contribution in [3.63, 3.8) is 0 Å². The number of nitrogens with one attached hydrogen (secondary N) is 2. The lowest BCUT2D eigenvalue weighted by Crippen LogP contribution is -2.47. The number of anilines is 2. The summed E-state index contributed by atoms with van der Waals surface area (Å²) in [5.74, 6) is 0.335. The van der Waals surface area contributed by atoms with Crippen LogP contribution in [0.25, 0.3) is 22.6 Å². The number of aromatic amines is 1. The largest absolute Gasteiger partial charge is 0.383 e. The normalized spacial score (nSPS) is 18.3.